The summed E-state index contributed by atoms with van der Waals surface area (Å²) in [4.78, 5) is 22.9. The second-order valence-electron chi connectivity index (χ2n) is 6.70. The van der Waals surface area contributed by atoms with Crippen molar-refractivity contribution in [1.29, 1.82) is 0 Å². The van der Waals surface area contributed by atoms with E-state index in [-0.39, 0.29) is 12.5 Å². The smallest absolute Gasteiger partial charge is 0.258 e. The Morgan fingerprint density at radius 3 is 2.71 bits per heavy atom. The molecule has 0 bridgehead atoms. The van der Waals surface area contributed by atoms with E-state index in [1.54, 1.807) is 18.2 Å². The zero-order valence-electron chi connectivity index (χ0n) is 16.2. The zero-order chi connectivity index (χ0) is 19.9. The van der Waals surface area contributed by atoms with Crippen LogP contribution in [0.4, 0.5) is 5.82 Å². The maximum absolute atomic E-state index is 11.9. The summed E-state index contributed by atoms with van der Waals surface area (Å²) < 4.78 is 11.2. The number of anilines is 1. The molecule has 7 nitrogen and oxygen atoms in total. The first-order valence-corrected chi connectivity index (χ1v) is 9.78. The quantitative estimate of drug-likeness (QED) is 0.682. The average Bonchev–Trinajstić information content (AvgIpc) is 3.21. The van der Waals surface area contributed by atoms with E-state index < -0.39 is 0 Å². The Morgan fingerprint density at radius 2 is 1.96 bits per heavy atom. The van der Waals surface area contributed by atoms with Crippen molar-refractivity contribution in [2.24, 2.45) is 0 Å². The lowest BCUT2D eigenvalue weighted by Crippen LogP contribution is -2.32. The monoisotopic (exact) mass is 404 g/mol. The van der Waals surface area contributed by atoms with Crippen molar-refractivity contribution in [3.8, 4) is 11.6 Å². The van der Waals surface area contributed by atoms with Crippen LogP contribution in [0.25, 0.3) is 0 Å². The Hall–Kier alpha value is -2.54. The molecule has 1 N–H and O–H groups in total. The van der Waals surface area contributed by atoms with Gasteiger partial charge in [-0.05, 0) is 50.5 Å². The fourth-order valence-electron chi connectivity index (χ4n) is 2.96. The number of aromatic nitrogens is 2. The number of carbonyl (C=O) groups is 1. The van der Waals surface area contributed by atoms with Crippen molar-refractivity contribution < 1.29 is 14.3 Å². The first-order chi connectivity index (χ1) is 13.5. The number of halogens is 1. The summed E-state index contributed by atoms with van der Waals surface area (Å²) in [6, 6.07) is 7.14. The van der Waals surface area contributed by atoms with Gasteiger partial charge in [0.2, 0.25) is 5.88 Å². The SMILES string of the molecule is Cc1nc(OCCNC(=O)COc2ccc(Cl)c(C)c2)cc(N2CCCC2)n1. The number of rotatable bonds is 8. The summed E-state index contributed by atoms with van der Waals surface area (Å²) in [5.74, 6) is 2.49. The van der Waals surface area contributed by atoms with Gasteiger partial charge in [0.15, 0.2) is 6.61 Å². The van der Waals surface area contributed by atoms with E-state index in [9.17, 15) is 4.79 Å². The summed E-state index contributed by atoms with van der Waals surface area (Å²) in [5.41, 5.74) is 0.904. The molecule has 2 aromatic rings. The van der Waals surface area contributed by atoms with Gasteiger partial charge in [0.1, 0.15) is 24.0 Å². The number of ether oxygens (including phenoxy) is 2. The van der Waals surface area contributed by atoms with E-state index in [1.165, 1.54) is 12.8 Å². The second kappa shape index (κ2) is 9.59. The van der Waals surface area contributed by atoms with E-state index in [4.69, 9.17) is 21.1 Å². The minimum atomic E-state index is -0.215. The Kier molecular flexibility index (Phi) is 6.92. The number of carbonyl (C=O) groups excluding carboxylic acids is 1. The first kappa shape index (κ1) is 20.2. The molecule has 0 aliphatic carbocycles. The fraction of sp³-hybridized carbons (Fsp3) is 0.450. The van der Waals surface area contributed by atoms with Gasteiger partial charge in [-0.25, -0.2) is 4.98 Å². The molecule has 0 atom stereocenters. The van der Waals surface area contributed by atoms with Gasteiger partial charge in [-0.15, -0.1) is 0 Å². The number of hydrogen-bond acceptors (Lipinski definition) is 6. The molecule has 1 aromatic carbocycles. The van der Waals surface area contributed by atoms with E-state index in [2.05, 4.69) is 20.2 Å². The van der Waals surface area contributed by atoms with Crippen LogP contribution >= 0.6 is 11.6 Å². The largest absolute Gasteiger partial charge is 0.484 e. The lowest BCUT2D eigenvalue weighted by atomic mass is 10.2. The van der Waals surface area contributed by atoms with Crippen LogP contribution in [0.5, 0.6) is 11.6 Å². The molecule has 1 amide bonds. The highest BCUT2D eigenvalue weighted by atomic mass is 35.5. The Bertz CT molecular complexity index is 825. The lowest BCUT2D eigenvalue weighted by Gasteiger charge is -2.17. The predicted molar refractivity (Wildman–Crippen MR) is 108 cm³/mol. The average molecular weight is 405 g/mol. The van der Waals surface area contributed by atoms with Gasteiger partial charge in [-0.2, -0.15) is 4.98 Å². The molecular weight excluding hydrogens is 380 g/mol. The first-order valence-electron chi connectivity index (χ1n) is 9.40. The number of amides is 1. The third-order valence-corrected chi connectivity index (χ3v) is 4.83. The molecule has 1 fully saturated rings. The number of benzene rings is 1. The lowest BCUT2D eigenvalue weighted by molar-refractivity contribution is -0.123. The van der Waals surface area contributed by atoms with Gasteiger partial charge < -0.3 is 19.7 Å². The third-order valence-electron chi connectivity index (χ3n) is 4.40. The Labute approximate surface area is 170 Å². The molecule has 0 spiro atoms. The van der Waals surface area contributed by atoms with Crippen LogP contribution in [0.2, 0.25) is 5.02 Å². The summed E-state index contributed by atoms with van der Waals surface area (Å²) in [6.45, 7) is 6.39. The van der Waals surface area contributed by atoms with Crippen molar-refractivity contribution in [2.45, 2.75) is 26.7 Å². The van der Waals surface area contributed by atoms with Crippen LogP contribution in [0.1, 0.15) is 24.2 Å². The minimum absolute atomic E-state index is 0.0627. The van der Waals surface area contributed by atoms with Crippen molar-refractivity contribution in [3.05, 3.63) is 40.7 Å². The third kappa shape index (κ3) is 5.73. The molecule has 2 heterocycles. The molecule has 0 radical (unpaired) electrons. The molecule has 1 saturated heterocycles. The molecule has 28 heavy (non-hydrogen) atoms. The summed E-state index contributed by atoms with van der Waals surface area (Å²) in [6.07, 6.45) is 2.37. The van der Waals surface area contributed by atoms with Crippen molar-refractivity contribution in [3.63, 3.8) is 0 Å². The van der Waals surface area contributed by atoms with Crippen molar-refractivity contribution >= 4 is 23.3 Å². The van der Waals surface area contributed by atoms with Gasteiger partial charge in [0, 0.05) is 24.2 Å². The van der Waals surface area contributed by atoms with Crippen molar-refractivity contribution in [1.82, 2.24) is 15.3 Å². The maximum Gasteiger partial charge on any atom is 0.258 e. The maximum atomic E-state index is 11.9. The number of hydrogen-bond donors (Lipinski definition) is 1. The molecule has 3 rings (SSSR count). The molecule has 0 saturated carbocycles. The zero-order valence-corrected chi connectivity index (χ0v) is 17.0. The molecule has 0 unspecified atom stereocenters. The highest BCUT2D eigenvalue weighted by Gasteiger charge is 2.15. The standard InChI is InChI=1S/C20H25ClN4O3/c1-14-11-16(5-6-17(14)21)28-13-19(26)22-7-10-27-20-12-18(23-15(2)24-20)25-8-3-4-9-25/h5-6,11-12H,3-4,7-10,13H2,1-2H3,(H,22,26). The highest BCUT2D eigenvalue weighted by Crippen LogP contribution is 2.22. The van der Waals surface area contributed by atoms with Crippen LogP contribution in [-0.4, -0.2) is 48.7 Å². The number of nitrogens with zero attached hydrogens (tertiary/aromatic N) is 3. The van der Waals surface area contributed by atoms with Gasteiger partial charge in [0.25, 0.3) is 5.91 Å². The molecule has 1 aliphatic rings. The molecule has 8 heteroatoms. The normalized spacial score (nSPS) is 13.5. The van der Waals surface area contributed by atoms with E-state index in [0.29, 0.717) is 35.6 Å². The summed E-state index contributed by atoms with van der Waals surface area (Å²) in [7, 11) is 0. The van der Waals surface area contributed by atoms with Crippen molar-refractivity contribution in [2.75, 3.05) is 37.7 Å². The van der Waals surface area contributed by atoms with Gasteiger partial charge >= 0.3 is 0 Å². The van der Waals surface area contributed by atoms with E-state index in [1.807, 2.05) is 19.9 Å². The van der Waals surface area contributed by atoms with Gasteiger partial charge in [-0.1, -0.05) is 11.6 Å². The second-order valence-corrected chi connectivity index (χ2v) is 7.11. The van der Waals surface area contributed by atoms with E-state index >= 15 is 0 Å². The van der Waals surface area contributed by atoms with E-state index in [0.717, 1.165) is 24.5 Å². The molecule has 1 aromatic heterocycles. The molecular formula is C20H25ClN4O3. The van der Waals surface area contributed by atoms with Crippen LogP contribution in [0.15, 0.2) is 24.3 Å². The van der Waals surface area contributed by atoms with Crippen LogP contribution in [-0.2, 0) is 4.79 Å². The fourth-order valence-corrected chi connectivity index (χ4v) is 3.08. The van der Waals surface area contributed by atoms with Crippen LogP contribution in [0, 0.1) is 13.8 Å². The Morgan fingerprint density at radius 1 is 1.18 bits per heavy atom. The summed E-state index contributed by atoms with van der Waals surface area (Å²) in [5, 5.41) is 3.43. The Balaban J connectivity index is 1.40. The number of nitrogens with one attached hydrogen (secondary N) is 1. The topological polar surface area (TPSA) is 76.6 Å². The molecule has 150 valence electrons. The summed E-state index contributed by atoms with van der Waals surface area (Å²) >= 11 is 5.97. The van der Waals surface area contributed by atoms with Gasteiger partial charge in [-0.3, -0.25) is 4.79 Å². The predicted octanol–water partition coefficient (Wildman–Crippen LogP) is 2.92. The molecule has 1 aliphatic heterocycles. The number of aryl methyl sites for hydroxylation is 2. The minimum Gasteiger partial charge on any atom is -0.484 e. The highest BCUT2D eigenvalue weighted by molar-refractivity contribution is 6.31. The van der Waals surface area contributed by atoms with Gasteiger partial charge in [0.05, 0.1) is 6.54 Å². The van der Waals surface area contributed by atoms with Crippen LogP contribution < -0.4 is 19.7 Å². The van der Waals surface area contributed by atoms with Crippen LogP contribution in [0.3, 0.4) is 0 Å².